The van der Waals surface area contributed by atoms with E-state index in [0.717, 1.165) is 12.1 Å². The van der Waals surface area contributed by atoms with Gasteiger partial charge in [-0.25, -0.2) is 17.5 Å². The Bertz CT molecular complexity index is 547. The average molecular weight is 340 g/mol. The van der Waals surface area contributed by atoms with Crippen molar-refractivity contribution in [2.45, 2.75) is 17.7 Å². The maximum absolute atomic E-state index is 13.4. The predicted molar refractivity (Wildman–Crippen MR) is 66.2 cm³/mol. The SMILES string of the molecule is O=C(O)CCCNS(=O)(=O)c1cc(Br)ccc1F. The topological polar surface area (TPSA) is 83.5 Å². The van der Waals surface area contributed by atoms with Crippen molar-refractivity contribution >= 4 is 31.9 Å². The maximum Gasteiger partial charge on any atom is 0.303 e. The van der Waals surface area contributed by atoms with Gasteiger partial charge in [0.2, 0.25) is 10.0 Å². The van der Waals surface area contributed by atoms with Crippen LogP contribution < -0.4 is 4.72 Å². The van der Waals surface area contributed by atoms with Crippen molar-refractivity contribution in [3.63, 3.8) is 0 Å². The molecule has 2 N–H and O–H groups in total. The molecule has 0 fully saturated rings. The number of carbonyl (C=O) groups is 1. The van der Waals surface area contributed by atoms with E-state index in [4.69, 9.17) is 5.11 Å². The van der Waals surface area contributed by atoms with Crippen LogP contribution in [0.15, 0.2) is 27.6 Å². The largest absolute Gasteiger partial charge is 0.481 e. The third-order valence-electron chi connectivity index (χ3n) is 2.04. The second-order valence-corrected chi connectivity index (χ2v) is 6.12. The second kappa shape index (κ2) is 6.26. The molecule has 100 valence electrons. The van der Waals surface area contributed by atoms with E-state index < -0.39 is 26.7 Å². The van der Waals surface area contributed by atoms with Gasteiger partial charge < -0.3 is 5.11 Å². The van der Waals surface area contributed by atoms with Crippen LogP contribution in [0.1, 0.15) is 12.8 Å². The lowest BCUT2D eigenvalue weighted by molar-refractivity contribution is -0.137. The lowest BCUT2D eigenvalue weighted by Crippen LogP contribution is -2.26. The predicted octanol–water partition coefficient (Wildman–Crippen LogP) is 1.73. The summed E-state index contributed by atoms with van der Waals surface area (Å²) in [5.74, 6) is -1.87. The van der Waals surface area contributed by atoms with Crippen LogP contribution in [0.3, 0.4) is 0 Å². The molecule has 0 aromatic heterocycles. The monoisotopic (exact) mass is 339 g/mol. The van der Waals surface area contributed by atoms with Gasteiger partial charge in [0.15, 0.2) is 0 Å². The van der Waals surface area contributed by atoms with Crippen molar-refractivity contribution in [1.82, 2.24) is 4.72 Å². The lowest BCUT2D eigenvalue weighted by Gasteiger charge is -2.07. The van der Waals surface area contributed by atoms with Crippen molar-refractivity contribution in [3.05, 3.63) is 28.5 Å². The molecule has 0 aliphatic carbocycles. The highest BCUT2D eigenvalue weighted by Crippen LogP contribution is 2.19. The number of hydrogen-bond donors (Lipinski definition) is 2. The normalized spacial score (nSPS) is 11.4. The van der Waals surface area contributed by atoms with Crippen molar-refractivity contribution < 1.29 is 22.7 Å². The molecule has 8 heteroatoms. The zero-order valence-electron chi connectivity index (χ0n) is 9.19. The second-order valence-electron chi connectivity index (χ2n) is 3.47. The molecule has 1 rings (SSSR count). The molecule has 0 aliphatic heterocycles. The molecule has 0 amide bonds. The summed E-state index contributed by atoms with van der Waals surface area (Å²) in [7, 11) is -3.96. The Hall–Kier alpha value is -0.990. The summed E-state index contributed by atoms with van der Waals surface area (Å²) >= 11 is 3.05. The Labute approximate surface area is 112 Å². The molecule has 0 atom stereocenters. The number of hydrogen-bond acceptors (Lipinski definition) is 3. The Kier molecular flexibility index (Phi) is 5.24. The van der Waals surface area contributed by atoms with E-state index in [0.29, 0.717) is 4.47 Å². The summed E-state index contributed by atoms with van der Waals surface area (Å²) in [6, 6.07) is 3.57. The van der Waals surface area contributed by atoms with E-state index in [1.165, 1.54) is 6.07 Å². The number of carboxylic acids is 1. The Balaban J connectivity index is 2.74. The molecular formula is C10H11BrFNO4S. The first-order valence-electron chi connectivity index (χ1n) is 4.99. The third kappa shape index (κ3) is 4.35. The molecule has 0 spiro atoms. The first kappa shape index (κ1) is 15.1. The number of benzene rings is 1. The fourth-order valence-electron chi connectivity index (χ4n) is 1.21. The standard InChI is InChI=1S/C10H11BrFNO4S/c11-7-3-4-8(12)9(6-7)18(16,17)13-5-1-2-10(14)15/h3-4,6,13H,1-2,5H2,(H,14,15). The Morgan fingerprint density at radius 3 is 2.72 bits per heavy atom. The van der Waals surface area contributed by atoms with Crippen LogP contribution in [-0.4, -0.2) is 26.0 Å². The van der Waals surface area contributed by atoms with Gasteiger partial charge in [0.25, 0.3) is 0 Å². The molecule has 18 heavy (non-hydrogen) atoms. The first-order chi connectivity index (χ1) is 8.33. The molecule has 0 aliphatic rings. The number of rotatable bonds is 6. The summed E-state index contributed by atoms with van der Waals surface area (Å²) in [5.41, 5.74) is 0. The lowest BCUT2D eigenvalue weighted by atomic mass is 10.3. The zero-order chi connectivity index (χ0) is 13.8. The molecule has 5 nitrogen and oxygen atoms in total. The van der Waals surface area contributed by atoms with E-state index in [1.807, 2.05) is 0 Å². The fraction of sp³-hybridized carbons (Fsp3) is 0.300. The van der Waals surface area contributed by atoms with Gasteiger partial charge in [-0.05, 0) is 24.6 Å². The molecular weight excluding hydrogens is 329 g/mol. The summed E-state index contributed by atoms with van der Waals surface area (Å²) in [6.45, 7) is -0.0550. The van der Waals surface area contributed by atoms with Crippen LogP contribution in [0.25, 0.3) is 0 Å². The van der Waals surface area contributed by atoms with Crippen molar-refractivity contribution in [3.8, 4) is 0 Å². The Morgan fingerprint density at radius 2 is 2.11 bits per heavy atom. The summed E-state index contributed by atoms with van der Waals surface area (Å²) in [4.78, 5) is 9.78. The van der Waals surface area contributed by atoms with E-state index >= 15 is 0 Å². The van der Waals surface area contributed by atoms with Crippen molar-refractivity contribution in [1.29, 1.82) is 0 Å². The average Bonchev–Trinajstić information content (AvgIpc) is 2.27. The fourth-order valence-corrected chi connectivity index (χ4v) is 2.90. The highest BCUT2D eigenvalue weighted by Gasteiger charge is 2.18. The smallest absolute Gasteiger partial charge is 0.303 e. The molecule has 0 saturated heterocycles. The number of halogens is 2. The third-order valence-corrected chi connectivity index (χ3v) is 4.01. The van der Waals surface area contributed by atoms with E-state index in [-0.39, 0.29) is 19.4 Å². The highest BCUT2D eigenvalue weighted by atomic mass is 79.9. The van der Waals surface area contributed by atoms with E-state index in [2.05, 4.69) is 20.7 Å². The minimum Gasteiger partial charge on any atom is -0.481 e. The molecule has 1 aromatic carbocycles. The molecule has 0 unspecified atom stereocenters. The molecule has 1 aromatic rings. The minimum absolute atomic E-state index is 0.0550. The van der Waals surface area contributed by atoms with Crippen LogP contribution >= 0.6 is 15.9 Å². The van der Waals surface area contributed by atoms with Gasteiger partial charge >= 0.3 is 5.97 Å². The minimum atomic E-state index is -3.96. The van der Waals surface area contributed by atoms with Gasteiger partial charge in [-0.2, -0.15) is 0 Å². The maximum atomic E-state index is 13.4. The van der Waals surface area contributed by atoms with Crippen LogP contribution in [0.5, 0.6) is 0 Å². The zero-order valence-corrected chi connectivity index (χ0v) is 11.6. The summed E-state index contributed by atoms with van der Waals surface area (Å²) in [6.07, 6.45) is -0.00628. The van der Waals surface area contributed by atoms with Gasteiger partial charge in [0.1, 0.15) is 10.7 Å². The van der Waals surface area contributed by atoms with Gasteiger partial charge in [-0.3, -0.25) is 4.79 Å². The van der Waals surface area contributed by atoms with Crippen molar-refractivity contribution in [2.75, 3.05) is 6.54 Å². The van der Waals surface area contributed by atoms with E-state index in [9.17, 15) is 17.6 Å². The van der Waals surface area contributed by atoms with Crippen molar-refractivity contribution in [2.24, 2.45) is 0 Å². The van der Waals surface area contributed by atoms with Crippen LogP contribution in [0, 0.1) is 5.82 Å². The van der Waals surface area contributed by atoms with Crippen LogP contribution in [0.4, 0.5) is 4.39 Å². The quantitative estimate of drug-likeness (QED) is 0.773. The highest BCUT2D eigenvalue weighted by molar-refractivity contribution is 9.10. The molecule has 0 heterocycles. The molecule has 0 radical (unpaired) electrons. The van der Waals surface area contributed by atoms with Gasteiger partial charge in [0, 0.05) is 17.4 Å². The summed E-state index contributed by atoms with van der Waals surface area (Å²) in [5, 5.41) is 8.40. The van der Waals surface area contributed by atoms with Crippen LogP contribution in [0.2, 0.25) is 0 Å². The van der Waals surface area contributed by atoms with Gasteiger partial charge in [0.05, 0.1) is 0 Å². The Morgan fingerprint density at radius 1 is 1.44 bits per heavy atom. The number of aliphatic carboxylic acids is 1. The van der Waals surface area contributed by atoms with Gasteiger partial charge in [-0.1, -0.05) is 15.9 Å². The first-order valence-corrected chi connectivity index (χ1v) is 7.27. The molecule has 0 saturated carbocycles. The molecule has 0 bridgehead atoms. The van der Waals surface area contributed by atoms with E-state index in [1.54, 1.807) is 0 Å². The summed E-state index contributed by atoms with van der Waals surface area (Å²) < 4.78 is 39.4. The number of carboxylic acid groups (broad SMARTS) is 1. The van der Waals surface area contributed by atoms with Gasteiger partial charge in [-0.15, -0.1) is 0 Å². The number of sulfonamides is 1. The number of nitrogens with one attached hydrogen (secondary N) is 1. The van der Waals surface area contributed by atoms with Crippen LogP contribution in [-0.2, 0) is 14.8 Å².